The zero-order valence-corrected chi connectivity index (χ0v) is 16.0. The summed E-state index contributed by atoms with van der Waals surface area (Å²) in [6.45, 7) is 0. The molecule has 1 heterocycles. The molecule has 0 spiro atoms. The summed E-state index contributed by atoms with van der Waals surface area (Å²) in [6, 6.07) is 34.8. The zero-order valence-electron chi connectivity index (χ0n) is 15.1. The van der Waals surface area contributed by atoms with E-state index in [2.05, 4.69) is 102 Å². The van der Waals surface area contributed by atoms with Crippen LogP contribution < -0.4 is 5.32 Å². The summed E-state index contributed by atoms with van der Waals surface area (Å²) in [7, 11) is 0. The van der Waals surface area contributed by atoms with E-state index in [0.717, 1.165) is 11.4 Å². The van der Waals surface area contributed by atoms with Crippen molar-refractivity contribution in [3.05, 3.63) is 97.1 Å². The van der Waals surface area contributed by atoms with Gasteiger partial charge < -0.3 is 5.32 Å². The van der Waals surface area contributed by atoms with Crippen LogP contribution in [0.5, 0.6) is 0 Å². The normalized spacial score (nSPS) is 11.6. The van der Waals surface area contributed by atoms with Crippen molar-refractivity contribution in [1.82, 2.24) is 0 Å². The van der Waals surface area contributed by atoms with Crippen LogP contribution in [0.1, 0.15) is 0 Å². The molecule has 1 aromatic heterocycles. The van der Waals surface area contributed by atoms with Crippen LogP contribution in [0.15, 0.2) is 97.1 Å². The van der Waals surface area contributed by atoms with Crippen LogP contribution in [0.25, 0.3) is 41.7 Å². The molecule has 0 fully saturated rings. The van der Waals surface area contributed by atoms with E-state index in [1.807, 2.05) is 11.3 Å². The summed E-state index contributed by atoms with van der Waals surface area (Å²) < 4.78 is 2.67. The Balaban J connectivity index is 1.52. The molecule has 132 valence electrons. The number of rotatable bonds is 2. The first-order valence-corrected chi connectivity index (χ1v) is 10.3. The first kappa shape index (κ1) is 15.7. The van der Waals surface area contributed by atoms with Crippen molar-refractivity contribution < 1.29 is 0 Å². The topological polar surface area (TPSA) is 12.0 Å². The molecule has 0 amide bonds. The molecule has 0 unspecified atom stereocenters. The summed E-state index contributed by atoms with van der Waals surface area (Å²) in [4.78, 5) is 0. The van der Waals surface area contributed by atoms with Gasteiger partial charge in [0.05, 0.1) is 0 Å². The van der Waals surface area contributed by atoms with Crippen molar-refractivity contribution >= 4 is 64.4 Å². The van der Waals surface area contributed by atoms with Gasteiger partial charge in [-0.1, -0.05) is 60.7 Å². The van der Waals surface area contributed by atoms with Crippen molar-refractivity contribution in [2.24, 2.45) is 0 Å². The Hall–Kier alpha value is -3.36. The minimum Gasteiger partial charge on any atom is -0.355 e. The maximum atomic E-state index is 3.64. The highest BCUT2D eigenvalue weighted by atomic mass is 32.1. The average Bonchev–Trinajstić information content (AvgIpc) is 3.09. The van der Waals surface area contributed by atoms with Gasteiger partial charge in [0.25, 0.3) is 0 Å². The molecule has 2 heteroatoms. The fraction of sp³-hybridized carbons (Fsp3) is 0. The Morgan fingerprint density at radius 3 is 2.11 bits per heavy atom. The number of benzene rings is 5. The molecule has 0 atom stereocenters. The van der Waals surface area contributed by atoms with E-state index in [-0.39, 0.29) is 0 Å². The predicted molar refractivity (Wildman–Crippen MR) is 124 cm³/mol. The first-order chi connectivity index (χ1) is 13.8. The molecule has 0 radical (unpaired) electrons. The molecular formula is C26H17NS. The third kappa shape index (κ3) is 2.46. The van der Waals surface area contributed by atoms with Crippen molar-refractivity contribution in [1.29, 1.82) is 0 Å². The number of thiophene rings is 1. The minimum absolute atomic E-state index is 1.12. The van der Waals surface area contributed by atoms with Gasteiger partial charge in [0, 0.05) is 36.9 Å². The molecule has 5 aromatic carbocycles. The smallest absolute Gasteiger partial charge is 0.0463 e. The third-order valence-corrected chi connectivity index (χ3v) is 6.54. The van der Waals surface area contributed by atoms with E-state index < -0.39 is 0 Å². The van der Waals surface area contributed by atoms with Gasteiger partial charge in [0.2, 0.25) is 0 Å². The maximum absolute atomic E-state index is 3.64. The van der Waals surface area contributed by atoms with Gasteiger partial charge in [-0.3, -0.25) is 0 Å². The number of hydrogen-bond acceptors (Lipinski definition) is 2. The molecule has 1 nitrogen and oxygen atoms in total. The Morgan fingerprint density at radius 1 is 0.500 bits per heavy atom. The fourth-order valence-electron chi connectivity index (χ4n) is 4.03. The Labute approximate surface area is 166 Å². The van der Waals surface area contributed by atoms with Crippen molar-refractivity contribution in [3.8, 4) is 0 Å². The van der Waals surface area contributed by atoms with Gasteiger partial charge in [-0.05, 0) is 52.6 Å². The summed E-state index contributed by atoms with van der Waals surface area (Å²) in [5, 5.41) is 11.4. The highest BCUT2D eigenvalue weighted by Gasteiger charge is 2.08. The lowest BCUT2D eigenvalue weighted by atomic mass is 10.1. The summed E-state index contributed by atoms with van der Waals surface area (Å²) in [5.41, 5.74) is 2.26. The first-order valence-electron chi connectivity index (χ1n) is 9.45. The largest absolute Gasteiger partial charge is 0.355 e. The molecular weight excluding hydrogens is 358 g/mol. The van der Waals surface area contributed by atoms with E-state index in [1.165, 1.54) is 41.7 Å². The molecule has 28 heavy (non-hydrogen) atoms. The molecule has 0 aliphatic heterocycles. The highest BCUT2D eigenvalue weighted by Crippen LogP contribution is 2.38. The quantitative estimate of drug-likeness (QED) is 0.322. The molecule has 6 rings (SSSR count). The number of fused-ring (bicyclic) bond motifs is 5. The Kier molecular flexibility index (Phi) is 3.40. The molecule has 0 saturated carbocycles. The van der Waals surface area contributed by atoms with Crippen molar-refractivity contribution in [3.63, 3.8) is 0 Å². The highest BCUT2D eigenvalue weighted by molar-refractivity contribution is 7.25. The van der Waals surface area contributed by atoms with E-state index in [0.29, 0.717) is 0 Å². The standard InChI is InChI=1S/C26H17NS/c1-2-8-19-15-26-22(14-18(19)7-1)23-16-20(12-13-25(23)28-26)27-24-11-5-9-17-6-3-4-10-21(17)24/h1-16,27H. The molecule has 0 aliphatic rings. The lowest BCUT2D eigenvalue weighted by molar-refractivity contribution is 1.61. The van der Waals surface area contributed by atoms with Gasteiger partial charge in [-0.25, -0.2) is 0 Å². The number of hydrogen-bond donors (Lipinski definition) is 1. The second kappa shape index (κ2) is 6.08. The monoisotopic (exact) mass is 375 g/mol. The van der Waals surface area contributed by atoms with E-state index >= 15 is 0 Å². The number of anilines is 2. The lowest BCUT2D eigenvalue weighted by Gasteiger charge is -2.10. The summed E-state index contributed by atoms with van der Waals surface area (Å²) >= 11 is 1.87. The molecule has 0 aliphatic carbocycles. The van der Waals surface area contributed by atoms with Crippen LogP contribution in [0.3, 0.4) is 0 Å². The van der Waals surface area contributed by atoms with Crippen molar-refractivity contribution in [2.45, 2.75) is 0 Å². The van der Waals surface area contributed by atoms with Crippen molar-refractivity contribution in [2.75, 3.05) is 5.32 Å². The second-order valence-electron chi connectivity index (χ2n) is 7.16. The van der Waals surface area contributed by atoms with Crippen LogP contribution in [0.2, 0.25) is 0 Å². The Morgan fingerprint density at radius 2 is 1.21 bits per heavy atom. The van der Waals surface area contributed by atoms with Crippen LogP contribution >= 0.6 is 11.3 Å². The lowest BCUT2D eigenvalue weighted by Crippen LogP contribution is -1.91. The minimum atomic E-state index is 1.12. The summed E-state index contributed by atoms with van der Waals surface area (Å²) in [5.74, 6) is 0. The SMILES string of the molecule is c1ccc2cc3c(cc2c1)sc1ccc(Nc2cccc4ccccc24)cc13. The van der Waals surface area contributed by atoms with Gasteiger partial charge >= 0.3 is 0 Å². The molecule has 0 bridgehead atoms. The van der Waals surface area contributed by atoms with E-state index in [4.69, 9.17) is 0 Å². The zero-order chi connectivity index (χ0) is 18.5. The van der Waals surface area contributed by atoms with Gasteiger partial charge in [0.15, 0.2) is 0 Å². The number of nitrogens with one attached hydrogen (secondary N) is 1. The van der Waals surface area contributed by atoms with E-state index in [9.17, 15) is 0 Å². The van der Waals surface area contributed by atoms with Gasteiger partial charge in [-0.15, -0.1) is 11.3 Å². The fourth-order valence-corrected chi connectivity index (χ4v) is 5.15. The predicted octanol–water partition coefficient (Wildman–Crippen LogP) is 8.10. The second-order valence-corrected chi connectivity index (χ2v) is 8.24. The molecule has 6 aromatic rings. The van der Waals surface area contributed by atoms with Crippen LogP contribution in [-0.4, -0.2) is 0 Å². The third-order valence-electron chi connectivity index (χ3n) is 5.41. The van der Waals surface area contributed by atoms with Gasteiger partial charge in [-0.2, -0.15) is 0 Å². The van der Waals surface area contributed by atoms with Crippen LogP contribution in [0, 0.1) is 0 Å². The van der Waals surface area contributed by atoms with E-state index in [1.54, 1.807) is 0 Å². The van der Waals surface area contributed by atoms with Crippen LogP contribution in [-0.2, 0) is 0 Å². The average molecular weight is 375 g/mol. The molecule has 1 N–H and O–H groups in total. The summed E-state index contributed by atoms with van der Waals surface area (Å²) in [6.07, 6.45) is 0. The van der Waals surface area contributed by atoms with Gasteiger partial charge in [0.1, 0.15) is 0 Å². The Bertz CT molecular complexity index is 1490. The van der Waals surface area contributed by atoms with Crippen LogP contribution in [0.4, 0.5) is 11.4 Å². The maximum Gasteiger partial charge on any atom is 0.0463 e. The molecule has 0 saturated heterocycles.